The van der Waals surface area contributed by atoms with Gasteiger partial charge in [-0.05, 0) is 42.5 Å². The smallest absolute Gasteiger partial charge is 0.416 e. The summed E-state index contributed by atoms with van der Waals surface area (Å²) in [5, 5.41) is 2.32. The van der Waals surface area contributed by atoms with Crippen molar-refractivity contribution < 1.29 is 27.5 Å². The topological polar surface area (TPSA) is 58.6 Å². The molecule has 27 heavy (non-hydrogen) atoms. The van der Waals surface area contributed by atoms with E-state index in [1.807, 2.05) is 0 Å². The summed E-state index contributed by atoms with van der Waals surface area (Å²) in [5.74, 6) is -1.17. The van der Waals surface area contributed by atoms with E-state index in [1.54, 1.807) is 24.3 Å². The quantitative estimate of drug-likeness (QED) is 0.789. The van der Waals surface area contributed by atoms with Crippen molar-refractivity contribution in [3.8, 4) is 5.75 Å². The molecule has 0 spiro atoms. The fraction of sp³-hybridized carbons (Fsp3) is 0.111. The van der Waals surface area contributed by atoms with Crippen molar-refractivity contribution in [2.24, 2.45) is 0 Å². The number of hydrogen-bond acceptors (Lipinski definition) is 4. The van der Waals surface area contributed by atoms with Crippen LogP contribution in [0.4, 0.5) is 24.5 Å². The number of hydrogen-bond donors (Lipinski definition) is 1. The first-order valence-electron chi connectivity index (χ1n) is 7.59. The number of alkyl halides is 3. The summed E-state index contributed by atoms with van der Waals surface area (Å²) < 4.78 is 43.7. The minimum Gasteiger partial charge on any atom is -0.497 e. The molecule has 0 radical (unpaired) electrons. The first kappa shape index (κ1) is 18.8. The lowest BCUT2D eigenvalue weighted by molar-refractivity contribution is -0.137. The van der Waals surface area contributed by atoms with Gasteiger partial charge >= 0.3 is 6.18 Å². The van der Waals surface area contributed by atoms with Crippen LogP contribution < -0.4 is 15.0 Å². The van der Waals surface area contributed by atoms with Gasteiger partial charge in [0.1, 0.15) is 16.5 Å². The van der Waals surface area contributed by atoms with E-state index in [-0.39, 0.29) is 11.4 Å². The van der Waals surface area contributed by atoms with Crippen LogP contribution in [0.3, 0.4) is 0 Å². The molecule has 0 aliphatic carbocycles. The molecule has 0 aromatic heterocycles. The second kappa shape index (κ2) is 6.96. The van der Waals surface area contributed by atoms with E-state index in [1.165, 1.54) is 13.2 Å². The molecule has 0 unspecified atom stereocenters. The second-order valence-corrected chi connectivity index (χ2v) is 5.91. The SMILES string of the molecule is COc1ccc(NC2=C(Cl)C(=O)N(c3cccc(C(F)(F)F)c3)C2=O)cc1. The highest BCUT2D eigenvalue weighted by molar-refractivity contribution is 6.53. The Balaban J connectivity index is 1.89. The van der Waals surface area contributed by atoms with Gasteiger partial charge in [-0.3, -0.25) is 9.59 Å². The third kappa shape index (κ3) is 3.61. The minimum absolute atomic E-state index is 0.218. The number of ether oxygens (including phenoxy) is 1. The monoisotopic (exact) mass is 396 g/mol. The fourth-order valence-electron chi connectivity index (χ4n) is 2.49. The summed E-state index contributed by atoms with van der Waals surface area (Å²) in [6.07, 6.45) is -4.61. The summed E-state index contributed by atoms with van der Waals surface area (Å²) in [4.78, 5) is 25.6. The van der Waals surface area contributed by atoms with Crippen LogP contribution in [-0.4, -0.2) is 18.9 Å². The van der Waals surface area contributed by atoms with Crippen LogP contribution in [0.1, 0.15) is 5.56 Å². The summed E-state index contributed by atoms with van der Waals surface area (Å²) in [7, 11) is 1.49. The molecule has 2 amide bonds. The van der Waals surface area contributed by atoms with Crippen molar-refractivity contribution in [2.45, 2.75) is 6.18 Å². The molecular formula is C18H12ClF3N2O3. The highest BCUT2D eigenvalue weighted by atomic mass is 35.5. The number of methoxy groups -OCH3 is 1. The van der Waals surface area contributed by atoms with E-state index in [2.05, 4.69) is 5.32 Å². The van der Waals surface area contributed by atoms with Gasteiger partial charge in [-0.2, -0.15) is 13.2 Å². The van der Waals surface area contributed by atoms with Gasteiger partial charge in [-0.25, -0.2) is 4.90 Å². The van der Waals surface area contributed by atoms with Crippen LogP contribution in [0.15, 0.2) is 59.3 Å². The van der Waals surface area contributed by atoms with Gasteiger partial charge in [0, 0.05) is 5.69 Å². The van der Waals surface area contributed by atoms with E-state index < -0.39 is 28.6 Å². The summed E-state index contributed by atoms with van der Waals surface area (Å²) in [6.45, 7) is 0. The molecule has 2 aromatic rings. The lowest BCUT2D eigenvalue weighted by atomic mass is 10.2. The Hall–Kier alpha value is -3.00. The first-order valence-corrected chi connectivity index (χ1v) is 7.97. The number of rotatable bonds is 4. The molecule has 0 bridgehead atoms. The zero-order valence-electron chi connectivity index (χ0n) is 13.8. The van der Waals surface area contributed by atoms with Crippen molar-refractivity contribution in [3.63, 3.8) is 0 Å². The highest BCUT2D eigenvalue weighted by Crippen LogP contribution is 2.35. The maximum atomic E-state index is 12.9. The number of nitrogens with zero attached hydrogens (tertiary/aromatic N) is 1. The number of carbonyl (C=O) groups is 2. The lowest BCUT2D eigenvalue weighted by Gasteiger charge is -2.17. The number of anilines is 2. The molecule has 0 fully saturated rings. The molecule has 0 saturated heterocycles. The largest absolute Gasteiger partial charge is 0.497 e. The molecule has 5 nitrogen and oxygen atoms in total. The van der Waals surface area contributed by atoms with E-state index in [4.69, 9.17) is 16.3 Å². The average molecular weight is 397 g/mol. The average Bonchev–Trinajstić information content (AvgIpc) is 2.85. The molecule has 0 atom stereocenters. The van der Waals surface area contributed by atoms with Crippen molar-refractivity contribution in [2.75, 3.05) is 17.3 Å². The first-order chi connectivity index (χ1) is 12.7. The van der Waals surface area contributed by atoms with Crippen LogP contribution in [0.25, 0.3) is 0 Å². The fourth-order valence-corrected chi connectivity index (χ4v) is 2.70. The molecule has 0 saturated carbocycles. The normalized spacial score (nSPS) is 14.8. The van der Waals surface area contributed by atoms with E-state index in [0.717, 1.165) is 18.2 Å². The molecular weight excluding hydrogens is 385 g/mol. The van der Waals surface area contributed by atoms with Crippen molar-refractivity contribution in [3.05, 3.63) is 64.8 Å². The van der Waals surface area contributed by atoms with Gasteiger partial charge in [0.25, 0.3) is 11.8 Å². The van der Waals surface area contributed by atoms with Gasteiger partial charge in [-0.1, -0.05) is 17.7 Å². The van der Waals surface area contributed by atoms with Gasteiger partial charge in [-0.15, -0.1) is 0 Å². The predicted molar refractivity (Wildman–Crippen MR) is 93.4 cm³/mol. The number of benzene rings is 2. The lowest BCUT2D eigenvalue weighted by Crippen LogP contribution is -2.32. The second-order valence-electron chi connectivity index (χ2n) is 5.54. The zero-order chi connectivity index (χ0) is 19.8. The van der Waals surface area contributed by atoms with Crippen LogP contribution >= 0.6 is 11.6 Å². The molecule has 2 aromatic carbocycles. The molecule has 140 valence electrons. The Morgan fingerprint density at radius 2 is 1.70 bits per heavy atom. The van der Waals surface area contributed by atoms with Crippen LogP contribution in [0.2, 0.25) is 0 Å². The van der Waals surface area contributed by atoms with Gasteiger partial charge < -0.3 is 10.1 Å². The van der Waals surface area contributed by atoms with E-state index in [9.17, 15) is 22.8 Å². The molecule has 1 aliphatic rings. The predicted octanol–water partition coefficient (Wildman–Crippen LogP) is 4.15. The van der Waals surface area contributed by atoms with Crippen molar-refractivity contribution in [1.29, 1.82) is 0 Å². The number of carbonyl (C=O) groups excluding carboxylic acids is 2. The summed E-state index contributed by atoms with van der Waals surface area (Å²) in [6, 6.07) is 10.4. The van der Waals surface area contributed by atoms with E-state index >= 15 is 0 Å². The molecule has 9 heteroatoms. The molecule has 1 N–H and O–H groups in total. The molecule has 3 rings (SSSR count). The molecule has 1 aliphatic heterocycles. The van der Waals surface area contributed by atoms with Crippen LogP contribution in [-0.2, 0) is 15.8 Å². The van der Waals surface area contributed by atoms with Gasteiger partial charge in [0.15, 0.2) is 0 Å². The Bertz CT molecular complexity index is 940. The maximum Gasteiger partial charge on any atom is 0.416 e. The van der Waals surface area contributed by atoms with Crippen molar-refractivity contribution >= 4 is 34.8 Å². The third-order valence-corrected chi connectivity index (χ3v) is 4.17. The highest BCUT2D eigenvalue weighted by Gasteiger charge is 2.40. The third-order valence-electron chi connectivity index (χ3n) is 3.82. The Labute approximate surface area is 157 Å². The Morgan fingerprint density at radius 3 is 2.30 bits per heavy atom. The van der Waals surface area contributed by atoms with Crippen molar-refractivity contribution in [1.82, 2.24) is 0 Å². The summed E-state index contributed by atoms with van der Waals surface area (Å²) >= 11 is 5.96. The standard InChI is InChI=1S/C18H12ClF3N2O3/c1-27-13-7-5-11(6-8-13)23-15-14(19)16(25)24(17(15)26)12-4-2-3-10(9-12)18(20,21)22/h2-9,23H,1H3. The summed E-state index contributed by atoms with van der Waals surface area (Å²) in [5.41, 5.74) is -0.960. The van der Waals surface area contributed by atoms with Gasteiger partial charge in [0.2, 0.25) is 0 Å². The zero-order valence-corrected chi connectivity index (χ0v) is 14.6. The van der Waals surface area contributed by atoms with Crippen LogP contribution in [0.5, 0.6) is 5.75 Å². The minimum atomic E-state index is -4.61. The number of amides is 2. The van der Waals surface area contributed by atoms with Gasteiger partial charge in [0.05, 0.1) is 18.4 Å². The molecule has 1 heterocycles. The number of halogens is 4. The van der Waals surface area contributed by atoms with E-state index in [0.29, 0.717) is 16.3 Å². The van der Waals surface area contributed by atoms with Crippen LogP contribution in [0, 0.1) is 0 Å². The Kier molecular flexibility index (Phi) is 4.84. The number of imide groups is 1. The maximum absolute atomic E-state index is 12.9. The Morgan fingerprint density at radius 1 is 1.04 bits per heavy atom. The number of nitrogens with one attached hydrogen (secondary N) is 1.